The van der Waals surface area contributed by atoms with Crippen molar-refractivity contribution in [3.05, 3.63) is 45.8 Å². The van der Waals surface area contributed by atoms with E-state index >= 15 is 0 Å². The third-order valence-corrected chi connectivity index (χ3v) is 9.55. The highest BCUT2D eigenvalue weighted by Gasteiger charge is 2.34. The van der Waals surface area contributed by atoms with Gasteiger partial charge in [-0.1, -0.05) is 23.2 Å². The predicted molar refractivity (Wildman–Crippen MR) is 98.3 cm³/mol. The van der Waals surface area contributed by atoms with Crippen molar-refractivity contribution >= 4 is 54.6 Å². The van der Waals surface area contributed by atoms with Crippen LogP contribution in [0.4, 0.5) is 0 Å². The van der Waals surface area contributed by atoms with Crippen molar-refractivity contribution < 1.29 is 16.8 Å². The molecule has 0 bridgehead atoms. The molecule has 2 aromatic rings. The normalized spacial score (nSPS) is 17.7. The van der Waals surface area contributed by atoms with Gasteiger partial charge < -0.3 is 0 Å². The van der Waals surface area contributed by atoms with E-state index in [4.69, 9.17) is 23.2 Å². The molecule has 0 unspecified atom stereocenters. The standard InChI is InChI=1S/C14H14Cl2N2O4S3/c15-11-1-3-12(4-2-11)24(19,20)17-7-9-18(10-8-17)25(21,22)14-6-5-13(16)23-14/h1-6H,7-10H2. The minimum atomic E-state index is -3.67. The highest BCUT2D eigenvalue weighted by Crippen LogP contribution is 2.29. The summed E-state index contributed by atoms with van der Waals surface area (Å²) < 4.78 is 53.5. The summed E-state index contributed by atoms with van der Waals surface area (Å²) in [4.78, 5) is 0.137. The molecule has 0 spiro atoms. The second-order valence-electron chi connectivity index (χ2n) is 5.32. The van der Waals surface area contributed by atoms with Gasteiger partial charge in [0.05, 0.1) is 9.23 Å². The van der Waals surface area contributed by atoms with E-state index in [1.54, 1.807) is 0 Å². The molecule has 1 aliphatic heterocycles. The Morgan fingerprint density at radius 2 is 1.28 bits per heavy atom. The first-order valence-electron chi connectivity index (χ1n) is 7.22. The van der Waals surface area contributed by atoms with Gasteiger partial charge in [0.1, 0.15) is 4.21 Å². The zero-order valence-electron chi connectivity index (χ0n) is 12.8. The molecule has 3 rings (SSSR count). The van der Waals surface area contributed by atoms with Crippen LogP contribution in [0, 0.1) is 0 Å². The first kappa shape index (κ1) is 19.1. The van der Waals surface area contributed by atoms with Crippen molar-refractivity contribution in [1.82, 2.24) is 8.61 Å². The number of hydrogen-bond donors (Lipinski definition) is 0. The van der Waals surface area contributed by atoms with Crippen LogP contribution in [0.15, 0.2) is 45.5 Å². The Bertz CT molecular complexity index is 964. The van der Waals surface area contributed by atoms with Crippen molar-refractivity contribution in [2.24, 2.45) is 0 Å². The summed E-state index contributed by atoms with van der Waals surface area (Å²) in [5, 5.41) is 0.449. The van der Waals surface area contributed by atoms with Crippen LogP contribution in [0.1, 0.15) is 0 Å². The van der Waals surface area contributed by atoms with E-state index in [0.717, 1.165) is 11.3 Å². The van der Waals surface area contributed by atoms with Crippen LogP contribution in [0.5, 0.6) is 0 Å². The molecule has 1 fully saturated rings. The average Bonchev–Trinajstić information content (AvgIpc) is 3.03. The molecule has 0 radical (unpaired) electrons. The van der Waals surface area contributed by atoms with Gasteiger partial charge in [-0.15, -0.1) is 11.3 Å². The predicted octanol–water partition coefficient (Wildman–Crippen LogP) is 2.75. The molecule has 0 amide bonds. The van der Waals surface area contributed by atoms with Crippen LogP contribution in [-0.2, 0) is 20.0 Å². The number of nitrogens with zero attached hydrogens (tertiary/aromatic N) is 2. The van der Waals surface area contributed by atoms with Gasteiger partial charge in [0.25, 0.3) is 10.0 Å². The van der Waals surface area contributed by atoms with Gasteiger partial charge in [-0.25, -0.2) is 16.8 Å². The van der Waals surface area contributed by atoms with Crippen LogP contribution in [-0.4, -0.2) is 51.6 Å². The zero-order chi connectivity index (χ0) is 18.2. The van der Waals surface area contributed by atoms with Gasteiger partial charge in [-0.05, 0) is 36.4 Å². The number of benzene rings is 1. The van der Waals surface area contributed by atoms with Gasteiger partial charge in [0.2, 0.25) is 10.0 Å². The molecule has 11 heteroatoms. The Labute approximate surface area is 160 Å². The van der Waals surface area contributed by atoms with Gasteiger partial charge in [0, 0.05) is 31.2 Å². The number of sulfonamides is 2. The maximum atomic E-state index is 12.6. The Kier molecular flexibility index (Phi) is 5.46. The van der Waals surface area contributed by atoms with Crippen LogP contribution in [0.3, 0.4) is 0 Å². The summed E-state index contributed by atoms with van der Waals surface area (Å²) in [5.74, 6) is 0. The largest absolute Gasteiger partial charge is 0.252 e. The van der Waals surface area contributed by atoms with Crippen LogP contribution >= 0.6 is 34.5 Å². The second kappa shape index (κ2) is 7.15. The Morgan fingerprint density at radius 1 is 0.760 bits per heavy atom. The summed E-state index contributed by atoms with van der Waals surface area (Å²) in [6.07, 6.45) is 0. The van der Waals surface area contributed by atoms with Crippen molar-refractivity contribution in [1.29, 1.82) is 0 Å². The molecule has 6 nitrogen and oxygen atoms in total. The molecule has 1 aromatic carbocycles. The van der Waals surface area contributed by atoms with E-state index in [1.165, 1.54) is 45.0 Å². The molecule has 0 aliphatic carbocycles. The van der Waals surface area contributed by atoms with E-state index in [-0.39, 0.29) is 35.3 Å². The lowest BCUT2D eigenvalue weighted by Gasteiger charge is -2.32. The fourth-order valence-electron chi connectivity index (χ4n) is 2.47. The third-order valence-electron chi connectivity index (χ3n) is 3.79. The van der Waals surface area contributed by atoms with Crippen molar-refractivity contribution in [2.45, 2.75) is 9.10 Å². The minimum absolute atomic E-state index is 0.0866. The lowest BCUT2D eigenvalue weighted by atomic mass is 10.4. The number of hydrogen-bond acceptors (Lipinski definition) is 5. The first-order chi connectivity index (χ1) is 11.7. The van der Waals surface area contributed by atoms with Crippen molar-refractivity contribution in [2.75, 3.05) is 26.2 Å². The molecular formula is C14H14Cl2N2O4S3. The molecule has 1 saturated heterocycles. The van der Waals surface area contributed by atoms with Gasteiger partial charge in [0.15, 0.2) is 0 Å². The number of halogens is 2. The molecule has 2 heterocycles. The Morgan fingerprint density at radius 3 is 1.76 bits per heavy atom. The molecule has 136 valence electrons. The second-order valence-corrected chi connectivity index (χ2v) is 11.6. The Hall–Kier alpha value is -0.680. The Balaban J connectivity index is 1.74. The number of piperazine rings is 1. The molecule has 0 atom stereocenters. The van der Waals surface area contributed by atoms with E-state index in [2.05, 4.69) is 0 Å². The average molecular weight is 441 g/mol. The fourth-order valence-corrected chi connectivity index (χ4v) is 7.08. The number of rotatable bonds is 4. The lowest BCUT2D eigenvalue weighted by molar-refractivity contribution is 0.273. The van der Waals surface area contributed by atoms with Gasteiger partial charge >= 0.3 is 0 Å². The SMILES string of the molecule is O=S(=O)(c1ccc(Cl)cc1)N1CCN(S(=O)(=O)c2ccc(Cl)s2)CC1. The van der Waals surface area contributed by atoms with Crippen LogP contribution < -0.4 is 0 Å². The minimum Gasteiger partial charge on any atom is -0.207 e. The maximum Gasteiger partial charge on any atom is 0.252 e. The zero-order valence-corrected chi connectivity index (χ0v) is 16.8. The van der Waals surface area contributed by atoms with Crippen LogP contribution in [0.25, 0.3) is 0 Å². The van der Waals surface area contributed by atoms with Crippen molar-refractivity contribution in [3.63, 3.8) is 0 Å². The maximum absolute atomic E-state index is 12.6. The summed E-state index contributed by atoms with van der Waals surface area (Å²) in [6.45, 7) is 0.349. The van der Waals surface area contributed by atoms with E-state index in [0.29, 0.717) is 9.36 Å². The summed E-state index contributed by atoms with van der Waals surface area (Å²) in [7, 11) is -7.33. The monoisotopic (exact) mass is 440 g/mol. The topological polar surface area (TPSA) is 74.8 Å². The van der Waals surface area contributed by atoms with Crippen molar-refractivity contribution in [3.8, 4) is 0 Å². The van der Waals surface area contributed by atoms with E-state index in [9.17, 15) is 16.8 Å². The summed E-state index contributed by atoms with van der Waals surface area (Å²) in [6, 6.07) is 8.88. The molecule has 25 heavy (non-hydrogen) atoms. The smallest absolute Gasteiger partial charge is 0.207 e. The molecular weight excluding hydrogens is 427 g/mol. The van der Waals surface area contributed by atoms with Gasteiger partial charge in [-0.2, -0.15) is 8.61 Å². The van der Waals surface area contributed by atoms with Crippen LogP contribution in [0.2, 0.25) is 9.36 Å². The molecule has 0 saturated carbocycles. The van der Waals surface area contributed by atoms with E-state index < -0.39 is 20.0 Å². The molecule has 1 aromatic heterocycles. The summed E-state index contributed by atoms with van der Waals surface area (Å²) >= 11 is 12.6. The summed E-state index contributed by atoms with van der Waals surface area (Å²) in [5.41, 5.74) is 0. The molecule has 1 aliphatic rings. The quantitative estimate of drug-likeness (QED) is 0.732. The van der Waals surface area contributed by atoms with E-state index in [1.807, 2.05) is 0 Å². The third kappa shape index (κ3) is 3.87. The molecule has 0 N–H and O–H groups in total. The van der Waals surface area contributed by atoms with Gasteiger partial charge in [-0.3, -0.25) is 0 Å². The first-order valence-corrected chi connectivity index (χ1v) is 11.7. The highest BCUT2D eigenvalue weighted by atomic mass is 35.5. The highest BCUT2D eigenvalue weighted by molar-refractivity contribution is 7.91. The lowest BCUT2D eigenvalue weighted by Crippen LogP contribution is -2.50. The number of thiophene rings is 1. The fraction of sp³-hybridized carbons (Fsp3) is 0.286.